The quantitative estimate of drug-likeness (QED) is 0.536. The molecule has 0 spiro atoms. The minimum Gasteiger partial charge on any atom is -0.507 e. The van der Waals surface area contributed by atoms with Crippen LogP contribution in [-0.2, 0) is 9.59 Å². The number of aliphatic carboxylic acids is 2. The standard InChI is InChI=1S/C12H12INO6/c13-7-2-1-6(5-9(7)15)11(18)14-8(12(19)20)3-4-10(16)17/h1-2,5,8,15H,3-4H2,(H,14,18)(H,16,17)(H,19,20). The number of halogens is 1. The van der Waals surface area contributed by atoms with Crippen LogP contribution in [0.15, 0.2) is 18.2 Å². The molecule has 0 saturated carbocycles. The molecule has 1 aromatic rings. The molecule has 1 aromatic carbocycles. The van der Waals surface area contributed by atoms with Gasteiger partial charge in [-0.3, -0.25) is 9.59 Å². The molecule has 7 nitrogen and oxygen atoms in total. The van der Waals surface area contributed by atoms with Gasteiger partial charge in [0.05, 0.1) is 3.57 Å². The van der Waals surface area contributed by atoms with Crippen LogP contribution in [0.4, 0.5) is 0 Å². The first-order chi connectivity index (χ1) is 9.31. The number of hydrogen-bond donors (Lipinski definition) is 4. The van der Waals surface area contributed by atoms with Gasteiger partial charge < -0.3 is 20.6 Å². The smallest absolute Gasteiger partial charge is 0.326 e. The van der Waals surface area contributed by atoms with Crippen molar-refractivity contribution in [2.75, 3.05) is 0 Å². The molecule has 0 bridgehead atoms. The van der Waals surface area contributed by atoms with Gasteiger partial charge in [-0.05, 0) is 47.2 Å². The first-order valence-electron chi connectivity index (χ1n) is 5.55. The van der Waals surface area contributed by atoms with Crippen LogP contribution in [0.25, 0.3) is 0 Å². The summed E-state index contributed by atoms with van der Waals surface area (Å²) in [7, 11) is 0. The average molecular weight is 393 g/mol. The molecule has 0 aromatic heterocycles. The van der Waals surface area contributed by atoms with Gasteiger partial charge >= 0.3 is 11.9 Å². The lowest BCUT2D eigenvalue weighted by molar-refractivity contribution is -0.140. The minimum atomic E-state index is -1.31. The van der Waals surface area contributed by atoms with E-state index in [-0.39, 0.29) is 24.2 Å². The van der Waals surface area contributed by atoms with Crippen molar-refractivity contribution < 1.29 is 29.7 Å². The van der Waals surface area contributed by atoms with E-state index in [4.69, 9.17) is 10.2 Å². The van der Waals surface area contributed by atoms with Gasteiger partial charge in [-0.25, -0.2) is 4.79 Å². The topological polar surface area (TPSA) is 124 Å². The molecule has 1 unspecified atom stereocenters. The van der Waals surface area contributed by atoms with Crippen LogP contribution in [0, 0.1) is 3.57 Å². The lowest BCUT2D eigenvalue weighted by Crippen LogP contribution is -2.41. The summed E-state index contributed by atoms with van der Waals surface area (Å²) in [6.45, 7) is 0. The van der Waals surface area contributed by atoms with Crippen LogP contribution in [0.2, 0.25) is 0 Å². The predicted octanol–water partition coefficient (Wildman–Crippen LogP) is 1.04. The fourth-order valence-electron chi connectivity index (χ4n) is 1.42. The number of carboxylic acids is 2. The van der Waals surface area contributed by atoms with Crippen LogP contribution >= 0.6 is 22.6 Å². The predicted molar refractivity (Wildman–Crippen MR) is 76.6 cm³/mol. The second kappa shape index (κ2) is 7.08. The van der Waals surface area contributed by atoms with Crippen LogP contribution in [-0.4, -0.2) is 39.2 Å². The van der Waals surface area contributed by atoms with Gasteiger partial charge in [-0.1, -0.05) is 0 Å². The number of benzene rings is 1. The third-order valence-electron chi connectivity index (χ3n) is 2.46. The molecule has 4 N–H and O–H groups in total. The summed E-state index contributed by atoms with van der Waals surface area (Å²) >= 11 is 1.88. The molecular weight excluding hydrogens is 381 g/mol. The van der Waals surface area contributed by atoms with E-state index in [0.29, 0.717) is 3.57 Å². The SMILES string of the molecule is O=C(O)CCC(NC(=O)c1ccc(I)c(O)c1)C(=O)O. The molecule has 1 amide bonds. The van der Waals surface area contributed by atoms with Crippen molar-refractivity contribution in [2.45, 2.75) is 18.9 Å². The Labute approximate surface area is 127 Å². The van der Waals surface area contributed by atoms with Gasteiger partial charge in [-0.2, -0.15) is 0 Å². The Hall–Kier alpha value is -1.84. The Morgan fingerprint density at radius 2 is 1.90 bits per heavy atom. The number of phenols is 1. The highest BCUT2D eigenvalue weighted by Crippen LogP contribution is 2.20. The van der Waals surface area contributed by atoms with E-state index in [2.05, 4.69) is 5.32 Å². The van der Waals surface area contributed by atoms with E-state index in [9.17, 15) is 19.5 Å². The molecular formula is C12H12INO6. The Morgan fingerprint density at radius 3 is 2.40 bits per heavy atom. The number of carbonyl (C=O) groups is 3. The molecule has 0 radical (unpaired) electrons. The minimum absolute atomic E-state index is 0.0874. The average Bonchev–Trinajstić information content (AvgIpc) is 2.36. The number of amides is 1. The van der Waals surface area contributed by atoms with Crippen molar-refractivity contribution in [1.29, 1.82) is 0 Å². The van der Waals surface area contributed by atoms with E-state index in [1.54, 1.807) is 0 Å². The zero-order valence-electron chi connectivity index (χ0n) is 10.2. The molecule has 0 aliphatic rings. The van der Waals surface area contributed by atoms with E-state index in [1.165, 1.54) is 18.2 Å². The van der Waals surface area contributed by atoms with Gasteiger partial charge in [-0.15, -0.1) is 0 Å². The summed E-state index contributed by atoms with van der Waals surface area (Å²) in [4.78, 5) is 33.2. The lowest BCUT2D eigenvalue weighted by atomic mass is 10.1. The summed E-state index contributed by atoms with van der Waals surface area (Å²) in [6.07, 6.45) is -0.581. The van der Waals surface area contributed by atoms with Crippen molar-refractivity contribution in [3.05, 3.63) is 27.3 Å². The number of aromatic hydroxyl groups is 1. The molecule has 20 heavy (non-hydrogen) atoms. The number of rotatable bonds is 6. The summed E-state index contributed by atoms with van der Waals surface area (Å²) in [5.74, 6) is -3.23. The van der Waals surface area contributed by atoms with Gasteiger partial charge in [0.25, 0.3) is 5.91 Å². The van der Waals surface area contributed by atoms with Crippen LogP contribution in [0.3, 0.4) is 0 Å². The summed E-state index contributed by atoms with van der Waals surface area (Å²) < 4.78 is 0.555. The molecule has 0 aliphatic heterocycles. The van der Waals surface area contributed by atoms with E-state index < -0.39 is 23.9 Å². The van der Waals surface area contributed by atoms with Crippen LogP contribution in [0.1, 0.15) is 23.2 Å². The maximum absolute atomic E-state index is 11.8. The van der Waals surface area contributed by atoms with E-state index in [0.717, 1.165) is 0 Å². The second-order valence-corrected chi connectivity index (χ2v) is 5.13. The normalized spacial score (nSPS) is 11.7. The highest BCUT2D eigenvalue weighted by Gasteiger charge is 2.21. The summed E-state index contributed by atoms with van der Waals surface area (Å²) in [6, 6.07) is 2.87. The largest absolute Gasteiger partial charge is 0.507 e. The molecule has 1 atom stereocenters. The van der Waals surface area contributed by atoms with Crippen LogP contribution in [0.5, 0.6) is 5.75 Å². The molecule has 1 rings (SSSR count). The van der Waals surface area contributed by atoms with Crippen molar-refractivity contribution in [2.24, 2.45) is 0 Å². The van der Waals surface area contributed by atoms with Crippen LogP contribution < -0.4 is 5.32 Å². The maximum Gasteiger partial charge on any atom is 0.326 e. The molecule has 0 saturated heterocycles. The summed E-state index contributed by atoms with van der Waals surface area (Å²) in [5, 5.41) is 29.2. The number of phenolic OH excluding ortho intramolecular Hbond substituents is 1. The Balaban J connectivity index is 2.77. The number of nitrogens with one attached hydrogen (secondary N) is 1. The monoisotopic (exact) mass is 393 g/mol. The van der Waals surface area contributed by atoms with Crippen molar-refractivity contribution in [3.63, 3.8) is 0 Å². The van der Waals surface area contributed by atoms with Crippen molar-refractivity contribution >= 4 is 40.4 Å². The number of carboxylic acid groups (broad SMARTS) is 2. The van der Waals surface area contributed by atoms with Crippen molar-refractivity contribution in [3.8, 4) is 5.75 Å². The fraction of sp³-hybridized carbons (Fsp3) is 0.250. The first-order valence-corrected chi connectivity index (χ1v) is 6.63. The second-order valence-electron chi connectivity index (χ2n) is 3.96. The number of carbonyl (C=O) groups excluding carboxylic acids is 1. The zero-order chi connectivity index (χ0) is 15.3. The third-order valence-corrected chi connectivity index (χ3v) is 3.37. The fourth-order valence-corrected chi connectivity index (χ4v) is 1.76. The Morgan fingerprint density at radius 1 is 1.25 bits per heavy atom. The molecule has 8 heteroatoms. The Kier molecular flexibility index (Phi) is 5.74. The van der Waals surface area contributed by atoms with E-state index in [1.807, 2.05) is 22.6 Å². The maximum atomic E-state index is 11.8. The summed E-state index contributed by atoms with van der Waals surface area (Å²) in [5.41, 5.74) is 0.101. The first kappa shape index (κ1) is 16.2. The van der Waals surface area contributed by atoms with Gasteiger partial charge in [0, 0.05) is 12.0 Å². The molecule has 0 heterocycles. The zero-order valence-corrected chi connectivity index (χ0v) is 12.3. The van der Waals surface area contributed by atoms with Gasteiger partial charge in [0.2, 0.25) is 0 Å². The van der Waals surface area contributed by atoms with Crippen molar-refractivity contribution in [1.82, 2.24) is 5.32 Å². The van der Waals surface area contributed by atoms with Gasteiger partial charge in [0.1, 0.15) is 11.8 Å². The third kappa shape index (κ3) is 4.68. The lowest BCUT2D eigenvalue weighted by Gasteiger charge is -2.13. The Bertz CT molecular complexity index is 545. The van der Waals surface area contributed by atoms with Gasteiger partial charge in [0.15, 0.2) is 0 Å². The number of hydrogen-bond acceptors (Lipinski definition) is 4. The molecule has 0 aliphatic carbocycles. The highest BCUT2D eigenvalue weighted by atomic mass is 127. The highest BCUT2D eigenvalue weighted by molar-refractivity contribution is 14.1. The molecule has 0 fully saturated rings. The molecule has 108 valence electrons. The van der Waals surface area contributed by atoms with E-state index >= 15 is 0 Å².